The summed E-state index contributed by atoms with van der Waals surface area (Å²) in [5.41, 5.74) is -0.439. The molecular formula is C16H28N2O3. The van der Waals surface area contributed by atoms with Crippen molar-refractivity contribution in [3.8, 4) is 0 Å². The van der Waals surface area contributed by atoms with Crippen molar-refractivity contribution in [3.63, 3.8) is 0 Å². The van der Waals surface area contributed by atoms with Gasteiger partial charge in [-0.1, -0.05) is 27.7 Å². The van der Waals surface area contributed by atoms with E-state index in [2.05, 4.69) is 17.1 Å². The van der Waals surface area contributed by atoms with E-state index < -0.39 is 11.4 Å². The van der Waals surface area contributed by atoms with Crippen LogP contribution in [0.2, 0.25) is 0 Å². The molecule has 2 rings (SSSR count). The number of nitrogens with one attached hydrogen (secondary N) is 1. The van der Waals surface area contributed by atoms with Gasteiger partial charge < -0.3 is 10.4 Å². The molecule has 120 valence electrons. The smallest absolute Gasteiger partial charge is 0.307 e. The zero-order chi connectivity index (χ0) is 15.8. The number of aliphatic carboxylic acids is 1. The quantitative estimate of drug-likeness (QED) is 0.832. The number of nitrogens with zero attached hydrogens (tertiary/aromatic N) is 1. The first kappa shape index (κ1) is 16.3. The van der Waals surface area contributed by atoms with Crippen LogP contribution >= 0.6 is 0 Å². The summed E-state index contributed by atoms with van der Waals surface area (Å²) in [4.78, 5) is 25.8. The van der Waals surface area contributed by atoms with Crippen molar-refractivity contribution in [3.05, 3.63) is 0 Å². The zero-order valence-corrected chi connectivity index (χ0v) is 13.6. The zero-order valence-electron chi connectivity index (χ0n) is 13.6. The first-order valence-electron chi connectivity index (χ1n) is 7.94. The van der Waals surface area contributed by atoms with E-state index >= 15 is 0 Å². The first-order chi connectivity index (χ1) is 9.66. The third kappa shape index (κ3) is 3.96. The summed E-state index contributed by atoms with van der Waals surface area (Å²) in [7, 11) is 0. The predicted octanol–water partition coefficient (Wildman–Crippen LogP) is 1.72. The van der Waals surface area contributed by atoms with Crippen molar-refractivity contribution < 1.29 is 14.7 Å². The number of carbonyl (C=O) groups excluding carboxylic acids is 1. The molecule has 0 radical (unpaired) electrons. The number of carboxylic acids is 1. The molecule has 2 N–H and O–H groups in total. The minimum atomic E-state index is -0.748. The molecular weight excluding hydrogens is 268 g/mol. The average Bonchev–Trinajstić information content (AvgIpc) is 2.33. The molecule has 2 aliphatic rings. The topological polar surface area (TPSA) is 69.6 Å². The lowest BCUT2D eigenvalue weighted by molar-refractivity contribution is -0.145. The van der Waals surface area contributed by atoms with Gasteiger partial charge in [0.2, 0.25) is 5.91 Å². The predicted molar refractivity (Wildman–Crippen MR) is 80.9 cm³/mol. The van der Waals surface area contributed by atoms with Gasteiger partial charge in [-0.15, -0.1) is 0 Å². The molecule has 5 heteroatoms. The number of carbonyl (C=O) groups is 2. The lowest BCUT2D eigenvalue weighted by Crippen LogP contribution is -2.58. The van der Waals surface area contributed by atoms with Gasteiger partial charge in [0.1, 0.15) is 0 Å². The Labute approximate surface area is 127 Å². The van der Waals surface area contributed by atoms with E-state index in [-0.39, 0.29) is 17.9 Å². The molecule has 0 aromatic heterocycles. The Morgan fingerprint density at radius 1 is 1.14 bits per heavy atom. The summed E-state index contributed by atoms with van der Waals surface area (Å²) in [5.74, 6) is -0.384. The van der Waals surface area contributed by atoms with Gasteiger partial charge in [0, 0.05) is 30.6 Å². The minimum Gasteiger partial charge on any atom is -0.481 e. The highest BCUT2D eigenvalue weighted by Gasteiger charge is 2.39. The van der Waals surface area contributed by atoms with E-state index in [4.69, 9.17) is 0 Å². The molecule has 1 aliphatic carbocycles. The maximum Gasteiger partial charge on any atom is 0.307 e. The van der Waals surface area contributed by atoms with Crippen molar-refractivity contribution in [2.24, 2.45) is 17.3 Å². The van der Waals surface area contributed by atoms with Crippen molar-refractivity contribution >= 4 is 11.9 Å². The summed E-state index contributed by atoms with van der Waals surface area (Å²) < 4.78 is 0. The summed E-state index contributed by atoms with van der Waals surface area (Å²) >= 11 is 0. The second kappa shape index (κ2) is 5.95. The van der Waals surface area contributed by atoms with E-state index in [0.29, 0.717) is 19.0 Å². The van der Waals surface area contributed by atoms with E-state index in [9.17, 15) is 14.7 Å². The molecule has 1 heterocycles. The van der Waals surface area contributed by atoms with E-state index in [1.165, 1.54) is 0 Å². The molecule has 0 spiro atoms. The fourth-order valence-electron chi connectivity index (χ4n) is 3.27. The van der Waals surface area contributed by atoms with Crippen molar-refractivity contribution in [2.75, 3.05) is 13.1 Å². The average molecular weight is 296 g/mol. The number of rotatable bonds is 3. The maximum atomic E-state index is 12.1. The van der Waals surface area contributed by atoms with Gasteiger partial charge in [0.05, 0.1) is 5.92 Å². The largest absolute Gasteiger partial charge is 0.481 e. The number of likely N-dealkylation sites (tertiary alicyclic amines) is 1. The van der Waals surface area contributed by atoms with Crippen LogP contribution in [0.3, 0.4) is 0 Å². The highest BCUT2D eigenvalue weighted by Crippen LogP contribution is 2.34. The molecule has 2 atom stereocenters. The van der Waals surface area contributed by atoms with Crippen LogP contribution in [-0.4, -0.2) is 47.1 Å². The molecule has 2 fully saturated rings. The fourth-order valence-corrected chi connectivity index (χ4v) is 3.27. The normalized spacial score (nSPS) is 34.1. The van der Waals surface area contributed by atoms with Crippen LogP contribution in [0.5, 0.6) is 0 Å². The molecule has 1 amide bonds. The van der Waals surface area contributed by atoms with E-state index in [1.54, 1.807) is 0 Å². The van der Waals surface area contributed by atoms with Crippen LogP contribution in [0.1, 0.15) is 47.0 Å². The van der Waals surface area contributed by atoms with Crippen LogP contribution in [0, 0.1) is 17.3 Å². The number of piperidine rings is 1. The van der Waals surface area contributed by atoms with Crippen LogP contribution in [0.15, 0.2) is 0 Å². The number of hydrogen-bond donors (Lipinski definition) is 2. The molecule has 1 aliphatic heterocycles. The molecule has 2 unspecified atom stereocenters. The van der Waals surface area contributed by atoms with Gasteiger partial charge in [-0.2, -0.15) is 0 Å². The maximum absolute atomic E-state index is 12.1. The monoisotopic (exact) mass is 296 g/mol. The van der Waals surface area contributed by atoms with Crippen molar-refractivity contribution in [1.82, 2.24) is 10.2 Å². The minimum absolute atomic E-state index is 0.000432. The summed E-state index contributed by atoms with van der Waals surface area (Å²) in [6.45, 7) is 9.27. The summed E-state index contributed by atoms with van der Waals surface area (Å²) in [6, 6.07) is 0.443. The fraction of sp³-hybridized carbons (Fsp3) is 0.875. The Balaban J connectivity index is 1.99. The second-order valence-corrected chi connectivity index (χ2v) is 7.88. The van der Waals surface area contributed by atoms with Gasteiger partial charge in [-0.05, 0) is 25.2 Å². The SMILES string of the molecule is CC1CC(N2CC(NC(=O)C(C)(C)C)CC(C(=O)O)C2)C1. The third-order valence-corrected chi connectivity index (χ3v) is 4.71. The molecule has 0 aromatic carbocycles. The molecule has 0 bridgehead atoms. The van der Waals surface area contributed by atoms with Crippen molar-refractivity contribution in [1.29, 1.82) is 0 Å². The first-order valence-corrected chi connectivity index (χ1v) is 7.94. The van der Waals surface area contributed by atoms with Gasteiger partial charge in [-0.3, -0.25) is 14.5 Å². The van der Waals surface area contributed by atoms with Gasteiger partial charge in [0.25, 0.3) is 0 Å². The van der Waals surface area contributed by atoms with Crippen LogP contribution in [0.4, 0.5) is 0 Å². The lowest BCUT2D eigenvalue weighted by atomic mass is 9.79. The number of carboxylic acid groups (broad SMARTS) is 1. The highest BCUT2D eigenvalue weighted by molar-refractivity contribution is 5.81. The molecule has 5 nitrogen and oxygen atoms in total. The molecule has 1 saturated carbocycles. The van der Waals surface area contributed by atoms with Crippen LogP contribution in [0.25, 0.3) is 0 Å². The standard InChI is InChI=1S/C16H28N2O3/c1-10-5-13(6-10)18-8-11(14(19)20)7-12(9-18)17-15(21)16(2,3)4/h10-13H,5-9H2,1-4H3,(H,17,21)(H,19,20). The van der Waals surface area contributed by atoms with Gasteiger partial charge in [-0.25, -0.2) is 0 Å². The molecule has 0 aromatic rings. The van der Waals surface area contributed by atoms with Gasteiger partial charge >= 0.3 is 5.97 Å². The number of amides is 1. The number of hydrogen-bond acceptors (Lipinski definition) is 3. The third-order valence-electron chi connectivity index (χ3n) is 4.71. The highest BCUT2D eigenvalue weighted by atomic mass is 16.4. The Kier molecular flexibility index (Phi) is 4.61. The van der Waals surface area contributed by atoms with Gasteiger partial charge in [0.15, 0.2) is 0 Å². The summed E-state index contributed by atoms with van der Waals surface area (Å²) in [6.07, 6.45) is 2.83. The molecule has 1 saturated heterocycles. The second-order valence-electron chi connectivity index (χ2n) is 7.88. The van der Waals surface area contributed by atoms with E-state index in [0.717, 1.165) is 25.3 Å². The van der Waals surface area contributed by atoms with E-state index in [1.807, 2.05) is 20.8 Å². The lowest BCUT2D eigenvalue weighted by Gasteiger charge is -2.47. The van der Waals surface area contributed by atoms with Crippen molar-refractivity contribution in [2.45, 2.75) is 59.0 Å². The molecule has 21 heavy (non-hydrogen) atoms. The Morgan fingerprint density at radius 3 is 2.24 bits per heavy atom. The Bertz CT molecular complexity index is 410. The Hall–Kier alpha value is -1.10. The van der Waals surface area contributed by atoms with Crippen LogP contribution in [-0.2, 0) is 9.59 Å². The Morgan fingerprint density at radius 2 is 1.76 bits per heavy atom. The summed E-state index contributed by atoms with van der Waals surface area (Å²) in [5, 5.41) is 12.4. The van der Waals surface area contributed by atoms with Crippen LogP contribution < -0.4 is 5.32 Å².